The van der Waals surface area contributed by atoms with E-state index in [9.17, 15) is 15.2 Å². The summed E-state index contributed by atoms with van der Waals surface area (Å²) in [5.74, 6) is 0. The van der Waals surface area contributed by atoms with Crippen molar-refractivity contribution in [2.45, 2.75) is 43.9 Å². The molecule has 2 fully saturated rings. The van der Waals surface area contributed by atoms with Crippen molar-refractivity contribution in [1.29, 1.82) is 0 Å². The summed E-state index contributed by atoms with van der Waals surface area (Å²) in [5, 5.41) is 24.8. The van der Waals surface area contributed by atoms with Crippen LogP contribution < -0.4 is 0 Å². The van der Waals surface area contributed by atoms with Crippen LogP contribution in [-0.4, -0.2) is 62.7 Å². The average Bonchev–Trinajstić information content (AvgIpc) is 3.09. The fourth-order valence-corrected chi connectivity index (χ4v) is 3.52. The molecule has 122 valence electrons. The Morgan fingerprint density at radius 3 is 2.91 bits per heavy atom. The highest BCUT2D eigenvalue weighted by Gasteiger charge is 2.39. The Labute approximate surface area is 128 Å². The lowest BCUT2D eigenvalue weighted by Gasteiger charge is -2.41. The van der Waals surface area contributed by atoms with Crippen molar-refractivity contribution < 1.29 is 14.8 Å². The van der Waals surface area contributed by atoms with Gasteiger partial charge in [0.2, 0.25) is 0 Å². The maximum Gasteiger partial charge on any atom is 0.306 e. The molecule has 2 aliphatic rings. The SMILES string of the molecule is O=[N+]([O-])c1cnn(CC(O)CN2CCOC3(CCCC3)C2)c1. The van der Waals surface area contributed by atoms with Gasteiger partial charge in [0.25, 0.3) is 0 Å². The fraction of sp³-hybridized carbons (Fsp3) is 0.786. The van der Waals surface area contributed by atoms with E-state index >= 15 is 0 Å². The lowest BCUT2D eigenvalue weighted by molar-refractivity contribution is -0.385. The van der Waals surface area contributed by atoms with E-state index in [2.05, 4.69) is 10.00 Å². The summed E-state index contributed by atoms with van der Waals surface area (Å²) in [6, 6.07) is 0. The standard InChI is InChI=1S/C14H22N4O4/c19-13(10-17-8-12(7-15-17)18(20)21)9-16-5-6-22-14(11-16)3-1-2-4-14/h7-8,13,19H,1-6,9-11H2. The zero-order valence-corrected chi connectivity index (χ0v) is 12.6. The van der Waals surface area contributed by atoms with Crippen molar-refractivity contribution >= 4 is 5.69 Å². The van der Waals surface area contributed by atoms with Gasteiger partial charge >= 0.3 is 5.69 Å². The van der Waals surface area contributed by atoms with Gasteiger partial charge in [-0.3, -0.25) is 19.7 Å². The van der Waals surface area contributed by atoms with Crippen LogP contribution in [0.4, 0.5) is 5.69 Å². The number of aliphatic hydroxyl groups excluding tert-OH is 1. The molecular formula is C14H22N4O4. The molecule has 1 aromatic heterocycles. The molecule has 1 spiro atoms. The van der Waals surface area contributed by atoms with E-state index in [1.807, 2.05) is 0 Å². The van der Waals surface area contributed by atoms with E-state index in [0.29, 0.717) is 13.2 Å². The molecule has 1 saturated carbocycles. The predicted octanol–water partition coefficient (Wildman–Crippen LogP) is 0.797. The molecule has 1 N–H and O–H groups in total. The minimum atomic E-state index is -0.601. The second-order valence-corrected chi connectivity index (χ2v) is 6.31. The Bertz CT molecular complexity index is 527. The summed E-state index contributed by atoms with van der Waals surface area (Å²) in [6.07, 6.45) is 6.59. The highest BCUT2D eigenvalue weighted by Crippen LogP contribution is 2.35. The molecule has 1 aromatic rings. The first kappa shape index (κ1) is 15.4. The van der Waals surface area contributed by atoms with Crippen molar-refractivity contribution in [1.82, 2.24) is 14.7 Å². The normalized spacial score (nSPS) is 23.0. The first-order valence-electron chi connectivity index (χ1n) is 7.78. The van der Waals surface area contributed by atoms with Gasteiger partial charge < -0.3 is 9.84 Å². The largest absolute Gasteiger partial charge is 0.390 e. The highest BCUT2D eigenvalue weighted by atomic mass is 16.6. The quantitative estimate of drug-likeness (QED) is 0.638. The molecule has 1 aliphatic carbocycles. The molecule has 1 aliphatic heterocycles. The molecule has 8 heteroatoms. The van der Waals surface area contributed by atoms with Crippen LogP contribution >= 0.6 is 0 Å². The van der Waals surface area contributed by atoms with E-state index in [0.717, 1.165) is 25.9 Å². The number of morpholine rings is 1. The Balaban J connectivity index is 1.52. The average molecular weight is 310 g/mol. The molecule has 0 amide bonds. The van der Waals surface area contributed by atoms with Gasteiger partial charge in [-0.05, 0) is 12.8 Å². The molecule has 22 heavy (non-hydrogen) atoms. The zero-order chi connectivity index (χ0) is 15.6. The number of hydrogen-bond acceptors (Lipinski definition) is 6. The van der Waals surface area contributed by atoms with Crippen molar-refractivity contribution in [3.63, 3.8) is 0 Å². The highest BCUT2D eigenvalue weighted by molar-refractivity contribution is 5.20. The minimum absolute atomic E-state index is 0.0115. The van der Waals surface area contributed by atoms with Crippen LogP contribution in [0, 0.1) is 10.1 Å². The van der Waals surface area contributed by atoms with E-state index in [-0.39, 0.29) is 17.8 Å². The molecule has 8 nitrogen and oxygen atoms in total. The van der Waals surface area contributed by atoms with Crippen molar-refractivity contribution in [2.24, 2.45) is 0 Å². The maximum absolute atomic E-state index is 10.6. The number of nitrogens with zero attached hydrogens (tertiary/aromatic N) is 4. The summed E-state index contributed by atoms with van der Waals surface area (Å²) >= 11 is 0. The summed E-state index contributed by atoms with van der Waals surface area (Å²) < 4.78 is 7.40. The lowest BCUT2D eigenvalue weighted by Crippen LogP contribution is -2.52. The van der Waals surface area contributed by atoms with E-state index in [1.54, 1.807) is 0 Å². The van der Waals surface area contributed by atoms with Gasteiger partial charge in [0.05, 0.1) is 29.8 Å². The third kappa shape index (κ3) is 3.45. The van der Waals surface area contributed by atoms with E-state index in [4.69, 9.17) is 4.74 Å². The van der Waals surface area contributed by atoms with Crippen molar-refractivity contribution in [2.75, 3.05) is 26.2 Å². The molecule has 0 aromatic carbocycles. The number of rotatable bonds is 5. The number of β-amino-alcohol motifs (C(OH)–C–C–N with tert-alkyl or cyclic N) is 1. The van der Waals surface area contributed by atoms with Gasteiger partial charge in [-0.15, -0.1) is 0 Å². The molecule has 2 heterocycles. The van der Waals surface area contributed by atoms with Crippen LogP contribution in [0.1, 0.15) is 25.7 Å². The predicted molar refractivity (Wildman–Crippen MR) is 78.5 cm³/mol. The molecule has 0 bridgehead atoms. The van der Waals surface area contributed by atoms with Gasteiger partial charge in [-0.1, -0.05) is 12.8 Å². The summed E-state index contributed by atoms with van der Waals surface area (Å²) in [5.41, 5.74) is -0.0638. The van der Waals surface area contributed by atoms with Crippen LogP contribution in [-0.2, 0) is 11.3 Å². The topological polar surface area (TPSA) is 93.7 Å². The van der Waals surface area contributed by atoms with E-state index < -0.39 is 11.0 Å². The van der Waals surface area contributed by atoms with E-state index in [1.165, 1.54) is 29.9 Å². The monoisotopic (exact) mass is 310 g/mol. The van der Waals surface area contributed by atoms with Crippen LogP contribution in [0.2, 0.25) is 0 Å². The Morgan fingerprint density at radius 1 is 1.45 bits per heavy atom. The Kier molecular flexibility index (Phi) is 4.42. The number of ether oxygens (including phenoxy) is 1. The third-order valence-electron chi connectivity index (χ3n) is 4.54. The smallest absolute Gasteiger partial charge is 0.306 e. The van der Waals surface area contributed by atoms with Gasteiger partial charge in [-0.2, -0.15) is 5.10 Å². The number of nitro groups is 1. The summed E-state index contributed by atoms with van der Waals surface area (Å²) in [7, 11) is 0. The third-order valence-corrected chi connectivity index (χ3v) is 4.54. The zero-order valence-electron chi connectivity index (χ0n) is 12.6. The molecule has 1 unspecified atom stereocenters. The molecule has 1 saturated heterocycles. The Hall–Kier alpha value is -1.51. The van der Waals surface area contributed by atoms with Crippen LogP contribution in [0.3, 0.4) is 0 Å². The Morgan fingerprint density at radius 2 is 2.23 bits per heavy atom. The molecule has 0 radical (unpaired) electrons. The summed E-state index contributed by atoms with van der Waals surface area (Å²) in [4.78, 5) is 12.4. The van der Waals surface area contributed by atoms with Crippen molar-refractivity contribution in [3.8, 4) is 0 Å². The van der Waals surface area contributed by atoms with Crippen LogP contribution in [0.15, 0.2) is 12.4 Å². The van der Waals surface area contributed by atoms with Gasteiger partial charge in [0, 0.05) is 19.6 Å². The molecular weight excluding hydrogens is 288 g/mol. The molecule has 3 rings (SSSR count). The summed E-state index contributed by atoms with van der Waals surface area (Å²) in [6.45, 7) is 3.19. The second kappa shape index (κ2) is 6.31. The van der Waals surface area contributed by atoms with Crippen LogP contribution in [0.5, 0.6) is 0 Å². The number of hydrogen-bond donors (Lipinski definition) is 1. The lowest BCUT2D eigenvalue weighted by atomic mass is 9.99. The minimum Gasteiger partial charge on any atom is -0.390 e. The van der Waals surface area contributed by atoms with Gasteiger partial charge in [-0.25, -0.2) is 0 Å². The fourth-order valence-electron chi connectivity index (χ4n) is 3.52. The number of aliphatic hydroxyl groups is 1. The van der Waals surface area contributed by atoms with Crippen molar-refractivity contribution in [3.05, 3.63) is 22.5 Å². The van der Waals surface area contributed by atoms with Crippen LogP contribution in [0.25, 0.3) is 0 Å². The van der Waals surface area contributed by atoms with Gasteiger partial charge in [0.1, 0.15) is 12.4 Å². The second-order valence-electron chi connectivity index (χ2n) is 6.31. The van der Waals surface area contributed by atoms with Gasteiger partial charge in [0.15, 0.2) is 0 Å². The number of aromatic nitrogens is 2. The molecule has 1 atom stereocenters. The first-order valence-corrected chi connectivity index (χ1v) is 7.78. The maximum atomic E-state index is 10.6. The first-order chi connectivity index (χ1) is 10.6.